The van der Waals surface area contributed by atoms with Crippen molar-refractivity contribution in [2.45, 2.75) is 6.61 Å². The van der Waals surface area contributed by atoms with Crippen molar-refractivity contribution in [2.24, 2.45) is 0 Å². The molecule has 1 aromatic heterocycles. The molecule has 1 N–H and O–H groups in total. The minimum absolute atomic E-state index is 0.0597. The standard InChI is InChI=1S/C11H19N3O/c1-13(2)6-7-14(3)11-8-12-5-4-10(11)9-15/h4-5,8,15H,6-7,9H2,1-3H3. The van der Waals surface area contributed by atoms with Crippen LogP contribution in [0.4, 0.5) is 5.69 Å². The predicted molar refractivity (Wildman–Crippen MR) is 62.0 cm³/mol. The SMILES string of the molecule is CN(C)CCN(C)c1cnccc1CO. The zero-order valence-corrected chi connectivity index (χ0v) is 9.64. The maximum Gasteiger partial charge on any atom is 0.0703 e. The molecular formula is C11H19N3O. The van der Waals surface area contributed by atoms with Crippen molar-refractivity contribution in [3.8, 4) is 0 Å². The Bertz CT molecular complexity index is 302. The smallest absolute Gasteiger partial charge is 0.0703 e. The van der Waals surface area contributed by atoms with Crippen LogP contribution in [0.1, 0.15) is 5.56 Å². The maximum absolute atomic E-state index is 9.18. The molecule has 0 atom stereocenters. The minimum Gasteiger partial charge on any atom is -0.392 e. The summed E-state index contributed by atoms with van der Waals surface area (Å²) in [5.41, 5.74) is 1.92. The molecule has 4 heteroatoms. The van der Waals surface area contributed by atoms with Crippen LogP contribution in [-0.2, 0) is 6.61 Å². The maximum atomic E-state index is 9.18. The average molecular weight is 209 g/mol. The van der Waals surface area contributed by atoms with Gasteiger partial charge in [-0.15, -0.1) is 0 Å². The van der Waals surface area contributed by atoms with E-state index in [1.54, 1.807) is 12.4 Å². The largest absolute Gasteiger partial charge is 0.392 e. The van der Waals surface area contributed by atoms with Gasteiger partial charge in [-0.25, -0.2) is 0 Å². The molecule has 0 radical (unpaired) electrons. The van der Waals surface area contributed by atoms with Gasteiger partial charge in [-0.2, -0.15) is 0 Å². The quantitative estimate of drug-likeness (QED) is 0.769. The van der Waals surface area contributed by atoms with Gasteiger partial charge in [0.15, 0.2) is 0 Å². The molecule has 84 valence electrons. The first-order valence-electron chi connectivity index (χ1n) is 5.04. The summed E-state index contributed by atoms with van der Waals surface area (Å²) in [6.45, 7) is 1.96. The van der Waals surface area contributed by atoms with Gasteiger partial charge in [0, 0.05) is 31.9 Å². The van der Waals surface area contributed by atoms with Crippen molar-refractivity contribution in [3.63, 3.8) is 0 Å². The van der Waals surface area contributed by atoms with E-state index < -0.39 is 0 Å². The lowest BCUT2D eigenvalue weighted by Crippen LogP contribution is -2.29. The zero-order chi connectivity index (χ0) is 11.3. The fourth-order valence-electron chi connectivity index (χ4n) is 1.36. The third-order valence-electron chi connectivity index (χ3n) is 2.35. The Morgan fingerprint density at radius 3 is 2.60 bits per heavy atom. The molecule has 1 aromatic rings. The summed E-state index contributed by atoms with van der Waals surface area (Å²) < 4.78 is 0. The van der Waals surface area contributed by atoms with Crippen LogP contribution >= 0.6 is 0 Å². The summed E-state index contributed by atoms with van der Waals surface area (Å²) in [4.78, 5) is 8.32. The van der Waals surface area contributed by atoms with Crippen LogP contribution in [0, 0.1) is 0 Å². The molecule has 0 aliphatic rings. The monoisotopic (exact) mass is 209 g/mol. The summed E-state index contributed by atoms with van der Waals surface area (Å²) in [7, 11) is 6.10. The second kappa shape index (κ2) is 5.68. The van der Waals surface area contributed by atoms with Gasteiger partial charge in [-0.3, -0.25) is 4.98 Å². The van der Waals surface area contributed by atoms with E-state index in [4.69, 9.17) is 0 Å². The third kappa shape index (κ3) is 3.49. The first kappa shape index (κ1) is 11.9. The summed E-state index contributed by atoms with van der Waals surface area (Å²) in [6.07, 6.45) is 3.50. The van der Waals surface area contributed by atoms with Crippen LogP contribution in [0.15, 0.2) is 18.5 Å². The number of hydrogen-bond donors (Lipinski definition) is 1. The van der Waals surface area contributed by atoms with Crippen molar-refractivity contribution in [3.05, 3.63) is 24.0 Å². The molecule has 4 nitrogen and oxygen atoms in total. The number of likely N-dealkylation sites (N-methyl/N-ethyl adjacent to an activating group) is 2. The van der Waals surface area contributed by atoms with Gasteiger partial charge in [0.25, 0.3) is 0 Å². The molecule has 0 saturated carbocycles. The van der Waals surface area contributed by atoms with Crippen LogP contribution in [-0.4, -0.2) is 49.2 Å². The van der Waals surface area contributed by atoms with E-state index >= 15 is 0 Å². The zero-order valence-electron chi connectivity index (χ0n) is 9.64. The Balaban J connectivity index is 2.68. The molecule has 0 aliphatic carbocycles. The van der Waals surface area contributed by atoms with E-state index in [9.17, 15) is 5.11 Å². The molecule has 0 spiro atoms. The number of aliphatic hydroxyl groups is 1. The third-order valence-corrected chi connectivity index (χ3v) is 2.35. The van der Waals surface area contributed by atoms with Gasteiger partial charge in [0.2, 0.25) is 0 Å². The molecule has 0 saturated heterocycles. The molecule has 0 aromatic carbocycles. The highest BCUT2D eigenvalue weighted by Crippen LogP contribution is 2.17. The van der Waals surface area contributed by atoms with Gasteiger partial charge in [-0.05, 0) is 20.2 Å². The Morgan fingerprint density at radius 2 is 2.00 bits per heavy atom. The molecule has 0 unspecified atom stereocenters. The van der Waals surface area contributed by atoms with Gasteiger partial charge >= 0.3 is 0 Å². The number of rotatable bonds is 5. The molecule has 0 amide bonds. The normalized spacial score (nSPS) is 10.7. The van der Waals surface area contributed by atoms with Crippen molar-refractivity contribution in [1.29, 1.82) is 0 Å². The van der Waals surface area contributed by atoms with Crippen LogP contribution in [0.25, 0.3) is 0 Å². The number of anilines is 1. The van der Waals surface area contributed by atoms with Crippen LogP contribution in [0.3, 0.4) is 0 Å². The van der Waals surface area contributed by atoms with E-state index in [1.807, 2.05) is 27.2 Å². The first-order valence-corrected chi connectivity index (χ1v) is 5.04. The highest BCUT2D eigenvalue weighted by molar-refractivity contribution is 5.50. The molecule has 1 heterocycles. The van der Waals surface area contributed by atoms with Crippen molar-refractivity contribution in [1.82, 2.24) is 9.88 Å². The number of hydrogen-bond acceptors (Lipinski definition) is 4. The summed E-state index contributed by atoms with van der Waals surface area (Å²) in [5, 5.41) is 9.18. The Morgan fingerprint density at radius 1 is 1.27 bits per heavy atom. The second-order valence-electron chi connectivity index (χ2n) is 3.89. The summed E-state index contributed by atoms with van der Waals surface area (Å²) in [6, 6.07) is 1.85. The Kier molecular flexibility index (Phi) is 4.52. The number of nitrogens with zero attached hydrogens (tertiary/aromatic N) is 3. The van der Waals surface area contributed by atoms with Crippen molar-refractivity contribution in [2.75, 3.05) is 39.1 Å². The lowest BCUT2D eigenvalue weighted by Gasteiger charge is -2.23. The Hall–Kier alpha value is -1.13. The van der Waals surface area contributed by atoms with E-state index in [2.05, 4.69) is 14.8 Å². The second-order valence-corrected chi connectivity index (χ2v) is 3.89. The average Bonchev–Trinajstić information content (AvgIpc) is 2.25. The highest BCUT2D eigenvalue weighted by Gasteiger charge is 2.06. The summed E-state index contributed by atoms with van der Waals surface area (Å²) >= 11 is 0. The summed E-state index contributed by atoms with van der Waals surface area (Å²) in [5.74, 6) is 0. The molecular weight excluding hydrogens is 190 g/mol. The highest BCUT2D eigenvalue weighted by atomic mass is 16.3. The molecule has 0 fully saturated rings. The van der Waals surface area contributed by atoms with Crippen molar-refractivity contribution >= 4 is 5.69 Å². The van der Waals surface area contributed by atoms with Gasteiger partial charge < -0.3 is 14.9 Å². The van der Waals surface area contributed by atoms with Gasteiger partial charge in [-0.1, -0.05) is 0 Å². The number of aromatic nitrogens is 1. The lowest BCUT2D eigenvalue weighted by molar-refractivity contribution is 0.282. The minimum atomic E-state index is 0.0597. The fraction of sp³-hybridized carbons (Fsp3) is 0.545. The molecule has 0 bridgehead atoms. The molecule has 0 aliphatic heterocycles. The van der Waals surface area contributed by atoms with E-state index in [0.29, 0.717) is 0 Å². The van der Waals surface area contributed by atoms with Crippen LogP contribution in [0.2, 0.25) is 0 Å². The Labute approximate surface area is 91.2 Å². The molecule has 1 rings (SSSR count). The number of aliphatic hydroxyl groups excluding tert-OH is 1. The van der Waals surface area contributed by atoms with E-state index in [1.165, 1.54) is 0 Å². The van der Waals surface area contributed by atoms with Crippen molar-refractivity contribution < 1.29 is 5.11 Å². The predicted octanol–water partition coefficient (Wildman–Crippen LogP) is 0.572. The van der Waals surface area contributed by atoms with E-state index in [0.717, 1.165) is 24.3 Å². The topological polar surface area (TPSA) is 39.6 Å². The lowest BCUT2D eigenvalue weighted by atomic mass is 10.2. The fourth-order valence-corrected chi connectivity index (χ4v) is 1.36. The van der Waals surface area contributed by atoms with E-state index in [-0.39, 0.29) is 6.61 Å². The van der Waals surface area contributed by atoms with Crippen LogP contribution in [0.5, 0.6) is 0 Å². The van der Waals surface area contributed by atoms with Crippen LogP contribution < -0.4 is 4.90 Å². The van der Waals surface area contributed by atoms with Gasteiger partial charge in [0.1, 0.15) is 0 Å². The number of pyridine rings is 1. The molecule has 15 heavy (non-hydrogen) atoms. The first-order chi connectivity index (χ1) is 7.15. The van der Waals surface area contributed by atoms with Gasteiger partial charge in [0.05, 0.1) is 18.5 Å².